The number of anilines is 1. The molecular weight excluding hydrogens is 350 g/mol. The molecule has 2 heterocycles. The van der Waals surface area contributed by atoms with Crippen LogP contribution in [0.25, 0.3) is 11.3 Å². The first kappa shape index (κ1) is 17.9. The van der Waals surface area contributed by atoms with Gasteiger partial charge in [-0.1, -0.05) is 49.4 Å². The van der Waals surface area contributed by atoms with E-state index in [9.17, 15) is 9.59 Å². The standard InChI is InChI=1S/C18H19N5O2S/c1-3-12-5-7-13(8-6-12)14-9-10-17(25)23(22-14)11-15(24)19-18-21-20-16(4-2)26-18/h5-10H,3-4,11H2,1-2H3,(H,19,21,24). The minimum Gasteiger partial charge on any atom is -0.299 e. The number of hydrogen-bond acceptors (Lipinski definition) is 6. The van der Waals surface area contributed by atoms with E-state index >= 15 is 0 Å². The molecule has 1 N–H and O–H groups in total. The molecule has 0 fully saturated rings. The molecular formula is C18H19N5O2S. The van der Waals surface area contributed by atoms with Crippen LogP contribution in [0, 0.1) is 0 Å². The number of rotatable bonds is 6. The van der Waals surface area contributed by atoms with Gasteiger partial charge < -0.3 is 0 Å². The van der Waals surface area contributed by atoms with Crippen LogP contribution in [0.2, 0.25) is 0 Å². The largest absolute Gasteiger partial charge is 0.299 e. The maximum atomic E-state index is 12.2. The van der Waals surface area contributed by atoms with Gasteiger partial charge in [0, 0.05) is 11.6 Å². The molecule has 0 atom stereocenters. The number of nitrogens with zero attached hydrogens (tertiary/aromatic N) is 4. The number of amides is 1. The molecule has 3 aromatic rings. The van der Waals surface area contributed by atoms with Crippen molar-refractivity contribution in [1.82, 2.24) is 20.0 Å². The predicted octanol–water partition coefficient (Wildman–Crippen LogP) is 2.53. The minimum absolute atomic E-state index is 0.180. The van der Waals surface area contributed by atoms with Crippen LogP contribution in [0.3, 0.4) is 0 Å². The quantitative estimate of drug-likeness (QED) is 0.721. The summed E-state index contributed by atoms with van der Waals surface area (Å²) in [5.74, 6) is -0.364. The highest BCUT2D eigenvalue weighted by molar-refractivity contribution is 7.15. The van der Waals surface area contributed by atoms with Gasteiger partial charge in [-0.3, -0.25) is 14.9 Å². The molecule has 0 bridgehead atoms. The van der Waals surface area contributed by atoms with Gasteiger partial charge in [0.2, 0.25) is 11.0 Å². The molecule has 0 saturated carbocycles. The third-order valence-corrected chi connectivity index (χ3v) is 4.82. The molecule has 7 nitrogen and oxygen atoms in total. The van der Waals surface area contributed by atoms with E-state index < -0.39 is 0 Å². The summed E-state index contributed by atoms with van der Waals surface area (Å²) in [5, 5.41) is 16.1. The van der Waals surface area contributed by atoms with Crippen LogP contribution in [0.1, 0.15) is 24.4 Å². The van der Waals surface area contributed by atoms with Crippen molar-refractivity contribution in [1.29, 1.82) is 0 Å². The smallest absolute Gasteiger partial charge is 0.267 e. The first-order chi connectivity index (χ1) is 12.6. The normalized spacial score (nSPS) is 10.7. The summed E-state index contributed by atoms with van der Waals surface area (Å²) in [6.07, 6.45) is 1.71. The van der Waals surface area contributed by atoms with E-state index in [0.29, 0.717) is 10.8 Å². The summed E-state index contributed by atoms with van der Waals surface area (Å²) in [5.41, 5.74) is 2.43. The van der Waals surface area contributed by atoms with Crippen molar-refractivity contribution in [2.75, 3.05) is 5.32 Å². The Kier molecular flexibility index (Phi) is 5.52. The average molecular weight is 369 g/mol. The first-order valence-corrected chi connectivity index (χ1v) is 9.20. The molecule has 0 aliphatic carbocycles. The van der Waals surface area contributed by atoms with Crippen LogP contribution in [-0.4, -0.2) is 25.9 Å². The molecule has 1 aromatic carbocycles. The second kappa shape index (κ2) is 8.01. The SMILES string of the molecule is CCc1ccc(-c2ccc(=O)n(CC(=O)Nc3nnc(CC)s3)n2)cc1. The van der Waals surface area contributed by atoms with Gasteiger partial charge in [0.1, 0.15) is 11.6 Å². The molecule has 1 amide bonds. The van der Waals surface area contributed by atoms with Gasteiger partial charge in [0.15, 0.2) is 0 Å². The zero-order valence-electron chi connectivity index (χ0n) is 14.6. The monoisotopic (exact) mass is 369 g/mol. The number of carbonyl (C=O) groups is 1. The van der Waals surface area contributed by atoms with Crippen molar-refractivity contribution in [2.45, 2.75) is 33.2 Å². The molecule has 8 heteroatoms. The zero-order valence-corrected chi connectivity index (χ0v) is 15.4. The van der Waals surface area contributed by atoms with Crippen molar-refractivity contribution in [3.05, 3.63) is 57.3 Å². The molecule has 0 aliphatic rings. The molecule has 134 valence electrons. The van der Waals surface area contributed by atoms with Gasteiger partial charge >= 0.3 is 0 Å². The number of hydrogen-bond donors (Lipinski definition) is 1. The predicted molar refractivity (Wildman–Crippen MR) is 101 cm³/mol. The van der Waals surface area contributed by atoms with E-state index in [1.807, 2.05) is 31.2 Å². The van der Waals surface area contributed by atoms with E-state index in [1.54, 1.807) is 6.07 Å². The molecule has 0 aliphatic heterocycles. The first-order valence-electron chi connectivity index (χ1n) is 8.38. The molecule has 26 heavy (non-hydrogen) atoms. The average Bonchev–Trinajstić information content (AvgIpc) is 3.11. The molecule has 3 rings (SSSR count). The molecule has 0 radical (unpaired) electrons. The van der Waals surface area contributed by atoms with Gasteiger partial charge in [-0.15, -0.1) is 10.2 Å². The molecule has 0 saturated heterocycles. The Morgan fingerprint density at radius 2 is 1.85 bits per heavy atom. The minimum atomic E-state index is -0.364. The van der Waals surface area contributed by atoms with Crippen LogP contribution in [-0.2, 0) is 24.2 Å². The van der Waals surface area contributed by atoms with Crippen molar-refractivity contribution in [2.24, 2.45) is 0 Å². The number of nitrogens with one attached hydrogen (secondary N) is 1. The van der Waals surface area contributed by atoms with Gasteiger partial charge in [-0.25, -0.2) is 4.68 Å². The Morgan fingerprint density at radius 1 is 1.08 bits per heavy atom. The van der Waals surface area contributed by atoms with Gasteiger partial charge in [0.25, 0.3) is 5.56 Å². The lowest BCUT2D eigenvalue weighted by Crippen LogP contribution is -2.29. The van der Waals surface area contributed by atoms with Crippen LogP contribution in [0.15, 0.2) is 41.2 Å². The second-order valence-corrected chi connectivity index (χ2v) is 6.73. The Hall–Kier alpha value is -2.87. The summed E-state index contributed by atoms with van der Waals surface area (Å²) in [7, 11) is 0. The highest BCUT2D eigenvalue weighted by atomic mass is 32.1. The third kappa shape index (κ3) is 4.20. The Bertz CT molecular complexity index is 962. The van der Waals surface area contributed by atoms with Crippen molar-refractivity contribution < 1.29 is 4.79 Å². The summed E-state index contributed by atoms with van der Waals surface area (Å²) >= 11 is 1.32. The highest BCUT2D eigenvalue weighted by Crippen LogP contribution is 2.17. The fraction of sp³-hybridized carbons (Fsp3) is 0.278. The van der Waals surface area contributed by atoms with Gasteiger partial charge in [-0.05, 0) is 24.5 Å². The number of aryl methyl sites for hydroxylation is 2. The van der Waals surface area contributed by atoms with E-state index in [-0.39, 0.29) is 18.0 Å². The fourth-order valence-electron chi connectivity index (χ4n) is 2.37. The van der Waals surface area contributed by atoms with Crippen molar-refractivity contribution in [3.63, 3.8) is 0 Å². The summed E-state index contributed by atoms with van der Waals surface area (Å²) < 4.78 is 1.15. The van der Waals surface area contributed by atoms with E-state index in [2.05, 4.69) is 27.5 Å². The maximum Gasteiger partial charge on any atom is 0.267 e. The Labute approximate surface area is 154 Å². The number of carbonyl (C=O) groups excluding carboxylic acids is 1. The fourth-order valence-corrected chi connectivity index (χ4v) is 3.06. The topological polar surface area (TPSA) is 89.8 Å². The maximum absolute atomic E-state index is 12.2. The van der Waals surface area contributed by atoms with Crippen LogP contribution < -0.4 is 10.9 Å². The zero-order chi connectivity index (χ0) is 18.5. The van der Waals surface area contributed by atoms with Gasteiger partial charge in [-0.2, -0.15) is 5.10 Å². The molecule has 0 unspecified atom stereocenters. The van der Waals surface area contributed by atoms with Crippen LogP contribution in [0.5, 0.6) is 0 Å². The van der Waals surface area contributed by atoms with E-state index in [4.69, 9.17) is 0 Å². The number of benzene rings is 1. The number of aromatic nitrogens is 4. The van der Waals surface area contributed by atoms with E-state index in [0.717, 1.165) is 28.1 Å². The lowest BCUT2D eigenvalue weighted by Gasteiger charge is -2.07. The second-order valence-electron chi connectivity index (χ2n) is 5.67. The lowest BCUT2D eigenvalue weighted by atomic mass is 10.1. The van der Waals surface area contributed by atoms with Gasteiger partial charge in [0.05, 0.1) is 5.69 Å². The van der Waals surface area contributed by atoms with Crippen molar-refractivity contribution >= 4 is 22.4 Å². The molecule has 2 aromatic heterocycles. The van der Waals surface area contributed by atoms with Crippen molar-refractivity contribution in [3.8, 4) is 11.3 Å². The molecule has 0 spiro atoms. The summed E-state index contributed by atoms with van der Waals surface area (Å²) in [4.78, 5) is 24.2. The van der Waals surface area contributed by atoms with E-state index in [1.165, 1.54) is 23.0 Å². The summed E-state index contributed by atoms with van der Waals surface area (Å²) in [6.45, 7) is 3.88. The van der Waals surface area contributed by atoms with Crippen LogP contribution in [0.4, 0.5) is 5.13 Å². The highest BCUT2D eigenvalue weighted by Gasteiger charge is 2.11. The Morgan fingerprint density at radius 3 is 2.50 bits per heavy atom. The Balaban J connectivity index is 1.76. The van der Waals surface area contributed by atoms with Crippen LogP contribution >= 0.6 is 11.3 Å². The summed E-state index contributed by atoms with van der Waals surface area (Å²) in [6, 6.07) is 11.1. The third-order valence-electron chi connectivity index (χ3n) is 3.83. The lowest BCUT2D eigenvalue weighted by molar-refractivity contribution is -0.117.